The van der Waals surface area contributed by atoms with Gasteiger partial charge in [-0.25, -0.2) is 0 Å². The number of rotatable bonds is 0. The Kier molecular flexibility index (Phi) is 2.89. The normalized spacial score (nSPS) is 26.9. The third-order valence-corrected chi connectivity index (χ3v) is 2.73. The zero-order valence-electron chi connectivity index (χ0n) is 6.78. The molecule has 0 amide bonds. The van der Waals surface area contributed by atoms with Crippen LogP contribution in [0.5, 0.6) is 0 Å². The van der Waals surface area contributed by atoms with E-state index in [2.05, 4.69) is 0 Å². The van der Waals surface area contributed by atoms with E-state index in [9.17, 15) is 13.2 Å². The maximum atomic E-state index is 12.2. The Hall–Kier alpha value is -0.230. The Balaban J connectivity index is 3.09. The van der Waals surface area contributed by atoms with Gasteiger partial charge in [-0.15, -0.1) is 11.6 Å². The van der Waals surface area contributed by atoms with Crippen LogP contribution in [0.4, 0.5) is 13.2 Å². The van der Waals surface area contributed by atoms with Gasteiger partial charge in [0.15, 0.2) is 0 Å². The van der Waals surface area contributed by atoms with E-state index in [1.54, 1.807) is 0 Å². The number of hydrogen-bond acceptors (Lipinski definition) is 2. The molecular weight excluding hydrogens is 240 g/mol. The van der Waals surface area contributed by atoms with Crippen molar-refractivity contribution in [3.63, 3.8) is 0 Å². The van der Waals surface area contributed by atoms with Crippen molar-refractivity contribution >= 4 is 23.2 Å². The number of nitrogens with two attached hydrogens (primary N) is 2. The van der Waals surface area contributed by atoms with Crippen molar-refractivity contribution in [1.82, 2.24) is 0 Å². The van der Waals surface area contributed by atoms with Crippen LogP contribution < -0.4 is 11.5 Å². The van der Waals surface area contributed by atoms with Gasteiger partial charge in [-0.3, -0.25) is 0 Å². The van der Waals surface area contributed by atoms with E-state index in [1.165, 1.54) is 0 Å². The Labute approximate surface area is 88.3 Å². The lowest BCUT2D eigenvalue weighted by atomic mass is 9.97. The minimum absolute atomic E-state index is 0.313. The van der Waals surface area contributed by atoms with Gasteiger partial charge in [0.1, 0.15) is 5.66 Å². The molecule has 1 rings (SSSR count). The van der Waals surface area contributed by atoms with Crippen molar-refractivity contribution in [2.45, 2.75) is 17.2 Å². The van der Waals surface area contributed by atoms with Crippen molar-refractivity contribution in [3.05, 3.63) is 22.8 Å². The molecule has 0 aromatic rings. The van der Waals surface area contributed by atoms with Gasteiger partial charge in [-0.1, -0.05) is 17.7 Å². The molecule has 0 fully saturated rings. The molecule has 0 radical (unpaired) electrons. The van der Waals surface area contributed by atoms with Gasteiger partial charge in [0.2, 0.25) is 0 Å². The lowest BCUT2D eigenvalue weighted by Crippen LogP contribution is -2.57. The summed E-state index contributed by atoms with van der Waals surface area (Å²) >= 11 is 11.0. The predicted molar refractivity (Wildman–Crippen MR) is 48.8 cm³/mol. The maximum absolute atomic E-state index is 12.2. The fourth-order valence-electron chi connectivity index (χ4n) is 0.913. The fourth-order valence-corrected chi connectivity index (χ4v) is 1.46. The molecule has 0 aliphatic heterocycles. The van der Waals surface area contributed by atoms with Crippen molar-refractivity contribution in [2.24, 2.45) is 11.5 Å². The van der Waals surface area contributed by atoms with Crippen LogP contribution in [-0.2, 0) is 0 Å². The molecule has 0 aromatic heterocycles. The average molecular weight is 247 g/mol. The standard InChI is InChI=1S/C7H7Cl2F3N2/c8-4-1-3(7(10,11)12)2-5(9)6(4,13)14/h1-2,4H,13-14H2. The maximum Gasteiger partial charge on any atom is 0.416 e. The molecule has 1 aliphatic rings. The van der Waals surface area contributed by atoms with Gasteiger partial charge in [0.05, 0.1) is 16.0 Å². The average Bonchev–Trinajstić information content (AvgIpc) is 1.98. The van der Waals surface area contributed by atoms with E-state index < -0.39 is 22.8 Å². The topological polar surface area (TPSA) is 52.0 Å². The van der Waals surface area contributed by atoms with Crippen LogP contribution in [0.1, 0.15) is 0 Å². The second kappa shape index (κ2) is 3.41. The van der Waals surface area contributed by atoms with Crippen molar-refractivity contribution < 1.29 is 13.2 Å². The summed E-state index contributed by atoms with van der Waals surface area (Å²) in [5.74, 6) is 0. The van der Waals surface area contributed by atoms with Crippen LogP contribution in [0.3, 0.4) is 0 Å². The van der Waals surface area contributed by atoms with Gasteiger partial charge in [0, 0.05) is 0 Å². The van der Waals surface area contributed by atoms with Gasteiger partial charge < -0.3 is 11.5 Å². The Bertz CT molecular complexity index is 307. The highest BCUT2D eigenvalue weighted by atomic mass is 35.5. The summed E-state index contributed by atoms with van der Waals surface area (Å²) in [6, 6.07) is 0. The second-order valence-corrected chi connectivity index (χ2v) is 3.82. The summed E-state index contributed by atoms with van der Waals surface area (Å²) in [4.78, 5) is 0. The van der Waals surface area contributed by atoms with Crippen LogP contribution in [0.15, 0.2) is 22.8 Å². The molecule has 0 saturated heterocycles. The molecule has 7 heteroatoms. The quantitative estimate of drug-likeness (QED) is 0.506. The van der Waals surface area contributed by atoms with E-state index in [0.717, 1.165) is 6.08 Å². The first kappa shape index (κ1) is 11.8. The fraction of sp³-hybridized carbons (Fsp3) is 0.429. The summed E-state index contributed by atoms with van der Waals surface area (Å²) in [5.41, 5.74) is 8.23. The molecule has 0 spiro atoms. The number of hydrogen-bond donors (Lipinski definition) is 2. The van der Waals surface area contributed by atoms with E-state index in [1.807, 2.05) is 0 Å². The smallest absolute Gasteiger partial charge is 0.307 e. The monoisotopic (exact) mass is 246 g/mol. The van der Waals surface area contributed by atoms with E-state index in [-0.39, 0.29) is 5.03 Å². The van der Waals surface area contributed by atoms with Crippen molar-refractivity contribution in [2.75, 3.05) is 0 Å². The second-order valence-electron chi connectivity index (χ2n) is 2.95. The Morgan fingerprint density at radius 1 is 1.36 bits per heavy atom. The minimum atomic E-state index is -4.50. The molecule has 0 heterocycles. The largest absolute Gasteiger partial charge is 0.416 e. The SMILES string of the molecule is NC1(N)C(Cl)=CC(C(F)(F)F)=CC1Cl. The molecule has 4 N–H and O–H groups in total. The molecule has 0 saturated carbocycles. The zero-order valence-corrected chi connectivity index (χ0v) is 8.29. The highest BCUT2D eigenvalue weighted by molar-refractivity contribution is 6.33. The lowest BCUT2D eigenvalue weighted by molar-refractivity contribution is -0.0887. The van der Waals surface area contributed by atoms with Gasteiger partial charge >= 0.3 is 6.18 Å². The zero-order chi connectivity index (χ0) is 11.1. The summed E-state index contributed by atoms with van der Waals surface area (Å²) < 4.78 is 36.7. The van der Waals surface area contributed by atoms with Crippen LogP contribution >= 0.6 is 23.2 Å². The number of allylic oxidation sites excluding steroid dienone is 2. The lowest BCUT2D eigenvalue weighted by Gasteiger charge is -2.31. The number of halogens is 5. The molecule has 0 bridgehead atoms. The highest BCUT2D eigenvalue weighted by Crippen LogP contribution is 2.36. The van der Waals surface area contributed by atoms with Gasteiger partial charge in [-0.05, 0) is 6.08 Å². The summed E-state index contributed by atoms with van der Waals surface area (Å²) in [5, 5.41) is -1.50. The third-order valence-electron chi connectivity index (χ3n) is 1.81. The molecule has 0 aromatic carbocycles. The van der Waals surface area contributed by atoms with Crippen LogP contribution in [-0.4, -0.2) is 17.2 Å². The molecule has 14 heavy (non-hydrogen) atoms. The van der Waals surface area contributed by atoms with Crippen molar-refractivity contribution in [3.8, 4) is 0 Å². The predicted octanol–water partition coefficient (Wildman–Crippen LogP) is 1.83. The molecule has 80 valence electrons. The van der Waals surface area contributed by atoms with Crippen molar-refractivity contribution in [1.29, 1.82) is 0 Å². The van der Waals surface area contributed by atoms with E-state index in [4.69, 9.17) is 34.7 Å². The van der Waals surface area contributed by atoms with Crippen LogP contribution in [0.25, 0.3) is 0 Å². The molecular formula is C7H7Cl2F3N2. The molecule has 2 nitrogen and oxygen atoms in total. The summed E-state index contributed by atoms with van der Waals surface area (Å²) in [7, 11) is 0. The van der Waals surface area contributed by atoms with E-state index >= 15 is 0 Å². The van der Waals surface area contributed by atoms with Gasteiger partial charge in [-0.2, -0.15) is 13.2 Å². The van der Waals surface area contributed by atoms with Gasteiger partial charge in [0.25, 0.3) is 0 Å². The molecule has 1 aliphatic carbocycles. The highest BCUT2D eigenvalue weighted by Gasteiger charge is 2.41. The molecule has 1 unspecified atom stereocenters. The van der Waals surface area contributed by atoms with Crippen LogP contribution in [0, 0.1) is 0 Å². The molecule has 1 atom stereocenters. The first-order chi connectivity index (χ1) is 6.15. The Morgan fingerprint density at radius 2 is 1.86 bits per heavy atom. The number of alkyl halides is 4. The van der Waals surface area contributed by atoms with Crippen LogP contribution in [0.2, 0.25) is 0 Å². The first-order valence-electron chi connectivity index (χ1n) is 3.54. The Morgan fingerprint density at radius 3 is 2.21 bits per heavy atom. The summed E-state index contributed by atoms with van der Waals surface area (Å²) in [6.45, 7) is 0. The summed E-state index contributed by atoms with van der Waals surface area (Å²) in [6.07, 6.45) is -3.07. The first-order valence-corrected chi connectivity index (χ1v) is 4.35. The van der Waals surface area contributed by atoms with E-state index in [0.29, 0.717) is 6.08 Å². The third kappa shape index (κ3) is 2.06. The minimum Gasteiger partial charge on any atom is -0.307 e.